The third kappa shape index (κ3) is 3.03. The summed E-state index contributed by atoms with van der Waals surface area (Å²) in [5.41, 5.74) is 5.16. The Hall–Kier alpha value is -1.40. The maximum absolute atomic E-state index is 11.6. The van der Waals surface area contributed by atoms with Gasteiger partial charge in [-0.15, -0.1) is 0 Å². The van der Waals surface area contributed by atoms with Gasteiger partial charge in [-0.25, -0.2) is 8.42 Å². The molecule has 0 amide bonds. The van der Waals surface area contributed by atoms with Gasteiger partial charge in [0, 0.05) is 0 Å². The zero-order valence-electron chi connectivity index (χ0n) is 7.83. The molecule has 6 heteroatoms. The topological polar surface area (TPSA) is 97.5 Å². The summed E-state index contributed by atoms with van der Waals surface area (Å²) in [5, 5.41) is 8.50. The predicted octanol–water partition coefficient (Wildman–Crippen LogP) is -0.128. The molecule has 0 saturated heterocycles. The highest BCUT2D eigenvalue weighted by molar-refractivity contribution is 7.91. The molecule has 0 heterocycles. The van der Waals surface area contributed by atoms with E-state index in [4.69, 9.17) is 10.8 Å². The summed E-state index contributed by atoms with van der Waals surface area (Å²) in [7, 11) is -3.61. The molecule has 0 fully saturated rings. The minimum atomic E-state index is -3.61. The lowest BCUT2D eigenvalue weighted by atomic mass is 10.4. The van der Waals surface area contributed by atoms with E-state index in [0.717, 1.165) is 0 Å². The van der Waals surface area contributed by atoms with Crippen molar-refractivity contribution in [1.29, 1.82) is 0 Å². The molecule has 82 valence electrons. The molecular formula is C9H11NO4S. The van der Waals surface area contributed by atoms with Gasteiger partial charge in [0.25, 0.3) is 0 Å². The van der Waals surface area contributed by atoms with E-state index in [2.05, 4.69) is 0 Å². The van der Waals surface area contributed by atoms with E-state index in [-0.39, 0.29) is 4.90 Å². The number of carboxylic acid groups (broad SMARTS) is 1. The van der Waals surface area contributed by atoms with Crippen LogP contribution >= 0.6 is 0 Å². The molecule has 0 aliphatic heterocycles. The number of hydrogen-bond acceptors (Lipinski definition) is 4. The predicted molar refractivity (Wildman–Crippen MR) is 54.1 cm³/mol. The maximum Gasteiger partial charge on any atom is 0.321 e. The third-order valence-corrected chi connectivity index (χ3v) is 3.61. The van der Waals surface area contributed by atoms with Crippen LogP contribution in [0, 0.1) is 0 Å². The molecule has 0 bridgehead atoms. The van der Waals surface area contributed by atoms with Crippen LogP contribution in [0.2, 0.25) is 0 Å². The van der Waals surface area contributed by atoms with Crippen LogP contribution in [0.15, 0.2) is 35.2 Å². The zero-order valence-corrected chi connectivity index (χ0v) is 8.65. The Morgan fingerprint density at radius 1 is 1.33 bits per heavy atom. The van der Waals surface area contributed by atoms with Crippen molar-refractivity contribution < 1.29 is 18.3 Å². The minimum absolute atomic E-state index is 0.0849. The number of nitrogens with two attached hydrogens (primary N) is 1. The van der Waals surface area contributed by atoms with Crippen LogP contribution in [0.4, 0.5) is 0 Å². The second-order valence-electron chi connectivity index (χ2n) is 3.04. The van der Waals surface area contributed by atoms with Gasteiger partial charge in [-0.2, -0.15) is 0 Å². The Bertz CT molecular complexity index is 440. The largest absolute Gasteiger partial charge is 0.480 e. The second-order valence-corrected chi connectivity index (χ2v) is 5.07. The standard InChI is InChI=1S/C9H11NO4S/c10-8(9(11)12)6-15(13,14)7-4-2-1-3-5-7/h1-5,8H,6,10H2,(H,11,12)/t8-/m0/s1. The van der Waals surface area contributed by atoms with Crippen molar-refractivity contribution in [3.05, 3.63) is 30.3 Å². The van der Waals surface area contributed by atoms with Gasteiger partial charge in [0.2, 0.25) is 0 Å². The van der Waals surface area contributed by atoms with Gasteiger partial charge in [-0.3, -0.25) is 4.79 Å². The number of carbonyl (C=O) groups is 1. The fourth-order valence-corrected chi connectivity index (χ4v) is 2.41. The molecule has 0 saturated carbocycles. The Morgan fingerprint density at radius 2 is 1.87 bits per heavy atom. The summed E-state index contributed by atoms with van der Waals surface area (Å²) < 4.78 is 23.2. The molecule has 1 rings (SSSR count). The average Bonchev–Trinajstić information content (AvgIpc) is 2.18. The lowest BCUT2D eigenvalue weighted by Crippen LogP contribution is -2.37. The number of aliphatic carboxylic acids is 1. The molecule has 0 aromatic heterocycles. The van der Waals surface area contributed by atoms with Crippen LogP contribution in [0.3, 0.4) is 0 Å². The molecule has 5 nitrogen and oxygen atoms in total. The molecule has 0 aliphatic rings. The van der Waals surface area contributed by atoms with Crippen LogP contribution in [0.1, 0.15) is 0 Å². The Morgan fingerprint density at radius 3 is 2.33 bits per heavy atom. The van der Waals surface area contributed by atoms with Crippen LogP contribution < -0.4 is 5.73 Å². The highest BCUT2D eigenvalue weighted by Gasteiger charge is 2.22. The summed E-state index contributed by atoms with van der Waals surface area (Å²) in [4.78, 5) is 10.5. The van der Waals surface area contributed by atoms with E-state index in [1.165, 1.54) is 12.1 Å². The first-order valence-corrected chi connectivity index (χ1v) is 5.85. The van der Waals surface area contributed by atoms with Crippen molar-refractivity contribution in [1.82, 2.24) is 0 Å². The number of benzene rings is 1. The third-order valence-electron chi connectivity index (χ3n) is 1.82. The maximum atomic E-state index is 11.6. The monoisotopic (exact) mass is 229 g/mol. The van der Waals surface area contributed by atoms with Gasteiger partial charge in [0.15, 0.2) is 9.84 Å². The summed E-state index contributed by atoms with van der Waals surface area (Å²) in [6, 6.07) is 6.23. The van der Waals surface area contributed by atoms with Crippen LogP contribution in [0.5, 0.6) is 0 Å². The molecule has 0 spiro atoms. The summed E-state index contributed by atoms with van der Waals surface area (Å²) >= 11 is 0. The van der Waals surface area contributed by atoms with Crippen molar-refractivity contribution in [3.8, 4) is 0 Å². The zero-order chi connectivity index (χ0) is 11.5. The van der Waals surface area contributed by atoms with Gasteiger partial charge >= 0.3 is 5.97 Å². The smallest absolute Gasteiger partial charge is 0.321 e. The van der Waals surface area contributed by atoms with Crippen molar-refractivity contribution in [2.75, 3.05) is 5.75 Å². The fraction of sp³-hybridized carbons (Fsp3) is 0.222. The second kappa shape index (κ2) is 4.41. The first kappa shape index (κ1) is 11.7. The Balaban J connectivity index is 2.91. The molecule has 1 aromatic carbocycles. The molecule has 3 N–H and O–H groups in total. The Kier molecular flexibility index (Phi) is 3.43. The van der Waals surface area contributed by atoms with Gasteiger partial charge in [0.05, 0.1) is 10.6 Å². The van der Waals surface area contributed by atoms with E-state index >= 15 is 0 Å². The normalized spacial score (nSPS) is 13.4. The molecule has 1 aromatic rings. The van der Waals surface area contributed by atoms with Crippen molar-refractivity contribution >= 4 is 15.8 Å². The summed E-state index contributed by atoms with van der Waals surface area (Å²) in [6.45, 7) is 0. The molecular weight excluding hydrogens is 218 g/mol. The Labute approximate surface area is 87.4 Å². The van der Waals surface area contributed by atoms with Gasteiger partial charge < -0.3 is 10.8 Å². The van der Waals surface area contributed by atoms with Crippen molar-refractivity contribution in [2.45, 2.75) is 10.9 Å². The number of hydrogen-bond donors (Lipinski definition) is 2. The molecule has 1 atom stereocenters. The number of carboxylic acids is 1. The molecule has 15 heavy (non-hydrogen) atoms. The van der Waals surface area contributed by atoms with Crippen LogP contribution in [0.25, 0.3) is 0 Å². The minimum Gasteiger partial charge on any atom is -0.480 e. The van der Waals surface area contributed by atoms with Gasteiger partial charge in [-0.1, -0.05) is 18.2 Å². The average molecular weight is 229 g/mol. The highest BCUT2D eigenvalue weighted by atomic mass is 32.2. The van der Waals surface area contributed by atoms with Gasteiger partial charge in [-0.05, 0) is 12.1 Å². The quantitative estimate of drug-likeness (QED) is 0.749. The molecule has 0 aliphatic carbocycles. The van der Waals surface area contributed by atoms with E-state index in [0.29, 0.717) is 0 Å². The summed E-state index contributed by atoms with van der Waals surface area (Å²) in [5.74, 6) is -1.92. The molecule has 0 radical (unpaired) electrons. The fourth-order valence-electron chi connectivity index (χ4n) is 1.03. The highest BCUT2D eigenvalue weighted by Crippen LogP contribution is 2.10. The number of sulfone groups is 1. The SMILES string of the molecule is N[C@@H](CS(=O)(=O)c1ccccc1)C(=O)O. The van der Waals surface area contributed by atoms with Crippen molar-refractivity contribution in [2.24, 2.45) is 5.73 Å². The van der Waals surface area contributed by atoms with E-state index in [9.17, 15) is 13.2 Å². The molecule has 0 unspecified atom stereocenters. The van der Waals surface area contributed by atoms with E-state index in [1.807, 2.05) is 0 Å². The summed E-state index contributed by atoms with van der Waals surface area (Å²) in [6.07, 6.45) is 0. The lowest BCUT2D eigenvalue weighted by Gasteiger charge is -2.07. The van der Waals surface area contributed by atoms with Crippen LogP contribution in [-0.2, 0) is 14.6 Å². The van der Waals surface area contributed by atoms with Crippen molar-refractivity contribution in [3.63, 3.8) is 0 Å². The van der Waals surface area contributed by atoms with Crippen LogP contribution in [-0.4, -0.2) is 31.3 Å². The lowest BCUT2D eigenvalue weighted by molar-refractivity contribution is -0.137. The first-order chi connectivity index (χ1) is 6.93. The van der Waals surface area contributed by atoms with E-state index in [1.54, 1.807) is 18.2 Å². The van der Waals surface area contributed by atoms with Gasteiger partial charge in [0.1, 0.15) is 6.04 Å². The first-order valence-electron chi connectivity index (χ1n) is 4.19. The number of rotatable bonds is 4. The van der Waals surface area contributed by atoms with E-state index < -0.39 is 27.6 Å².